The zero-order chi connectivity index (χ0) is 18.8. The quantitative estimate of drug-likeness (QED) is 0.757. The summed E-state index contributed by atoms with van der Waals surface area (Å²) in [6.45, 7) is 5.55. The van der Waals surface area contributed by atoms with Crippen molar-refractivity contribution in [1.82, 2.24) is 15.3 Å². The molecule has 2 N–H and O–H groups in total. The van der Waals surface area contributed by atoms with Gasteiger partial charge in [-0.2, -0.15) is 0 Å². The molecule has 0 spiro atoms. The molecule has 0 aliphatic rings. The molecule has 1 aromatic carbocycles. The minimum absolute atomic E-state index is 0.0722. The summed E-state index contributed by atoms with van der Waals surface area (Å²) < 4.78 is 13.5. The molecular weight excluding hydrogens is 333 g/mol. The number of hydrogen-bond acceptors (Lipinski definition) is 3. The Labute approximate surface area is 150 Å². The van der Waals surface area contributed by atoms with Gasteiger partial charge in [0.05, 0.1) is 12.5 Å². The van der Waals surface area contributed by atoms with Gasteiger partial charge in [0.2, 0.25) is 5.91 Å². The van der Waals surface area contributed by atoms with Crippen LogP contribution in [0.5, 0.6) is 0 Å². The number of rotatable bonds is 4. The number of carbonyl (C=O) groups excluding carboxylic acids is 1. The lowest BCUT2D eigenvalue weighted by atomic mass is 10.0. The fraction of sp³-hybridized carbons (Fsp3) is 0.250. The summed E-state index contributed by atoms with van der Waals surface area (Å²) in [4.78, 5) is 31.6. The highest BCUT2D eigenvalue weighted by atomic mass is 19.1. The fourth-order valence-corrected chi connectivity index (χ4v) is 3.14. The zero-order valence-corrected chi connectivity index (χ0v) is 14.9. The topological polar surface area (TPSA) is 74.8 Å². The average Bonchev–Trinajstić information content (AvgIpc) is 2.59. The highest BCUT2D eigenvalue weighted by molar-refractivity contribution is 5.85. The second kappa shape index (κ2) is 7.07. The number of pyridine rings is 2. The Morgan fingerprint density at radius 3 is 2.81 bits per heavy atom. The number of H-pyrrole nitrogens is 1. The number of amides is 1. The van der Waals surface area contributed by atoms with Gasteiger partial charge in [0, 0.05) is 28.9 Å². The molecule has 1 amide bonds. The van der Waals surface area contributed by atoms with Gasteiger partial charge in [0.25, 0.3) is 5.56 Å². The predicted octanol–water partition coefficient (Wildman–Crippen LogP) is 3.10. The first-order chi connectivity index (χ1) is 12.4. The van der Waals surface area contributed by atoms with Gasteiger partial charge in [-0.1, -0.05) is 0 Å². The van der Waals surface area contributed by atoms with Crippen molar-refractivity contribution >= 4 is 16.8 Å². The Bertz CT molecular complexity index is 1040. The molecule has 2 aromatic heterocycles. The van der Waals surface area contributed by atoms with Crippen LogP contribution in [0.1, 0.15) is 35.2 Å². The second-order valence-electron chi connectivity index (χ2n) is 6.45. The molecule has 26 heavy (non-hydrogen) atoms. The molecule has 6 heteroatoms. The molecule has 0 radical (unpaired) electrons. The average molecular weight is 353 g/mol. The predicted molar refractivity (Wildman–Crippen MR) is 98.5 cm³/mol. The number of aryl methyl sites for hydroxylation is 2. The Morgan fingerprint density at radius 2 is 2.08 bits per heavy atom. The first-order valence-electron chi connectivity index (χ1n) is 8.37. The van der Waals surface area contributed by atoms with E-state index in [-0.39, 0.29) is 29.7 Å². The van der Waals surface area contributed by atoms with Gasteiger partial charge in [-0.3, -0.25) is 14.6 Å². The standard InChI is InChI=1S/C20H20FN3O2/c1-11-6-7-22-10-17(11)13(3)23-19(25)9-16-12(2)15-8-14(21)4-5-18(15)24-20(16)26/h4-8,10,13H,9H2,1-3H3,(H,23,25)(H,24,26)/t13-/m0/s1. The molecule has 5 nitrogen and oxygen atoms in total. The van der Waals surface area contributed by atoms with Crippen molar-refractivity contribution in [1.29, 1.82) is 0 Å². The maximum Gasteiger partial charge on any atom is 0.252 e. The van der Waals surface area contributed by atoms with Gasteiger partial charge >= 0.3 is 0 Å². The van der Waals surface area contributed by atoms with Crippen LogP contribution in [0.25, 0.3) is 10.9 Å². The second-order valence-corrected chi connectivity index (χ2v) is 6.45. The van der Waals surface area contributed by atoms with Gasteiger partial charge in [-0.15, -0.1) is 0 Å². The number of hydrogen-bond donors (Lipinski definition) is 2. The highest BCUT2D eigenvalue weighted by Crippen LogP contribution is 2.20. The van der Waals surface area contributed by atoms with E-state index in [2.05, 4.69) is 15.3 Å². The number of benzene rings is 1. The number of nitrogens with one attached hydrogen (secondary N) is 2. The van der Waals surface area contributed by atoms with E-state index < -0.39 is 0 Å². The first kappa shape index (κ1) is 17.8. The number of aromatic amines is 1. The molecule has 0 aliphatic heterocycles. The summed E-state index contributed by atoms with van der Waals surface area (Å²) in [7, 11) is 0. The van der Waals surface area contributed by atoms with Crippen LogP contribution in [-0.4, -0.2) is 15.9 Å². The minimum atomic E-state index is -0.385. The van der Waals surface area contributed by atoms with Gasteiger partial charge in [0.1, 0.15) is 5.82 Å². The smallest absolute Gasteiger partial charge is 0.252 e. The van der Waals surface area contributed by atoms with E-state index in [0.29, 0.717) is 22.0 Å². The van der Waals surface area contributed by atoms with Gasteiger partial charge in [0.15, 0.2) is 0 Å². The van der Waals surface area contributed by atoms with Crippen LogP contribution in [-0.2, 0) is 11.2 Å². The molecule has 3 rings (SSSR count). The monoisotopic (exact) mass is 353 g/mol. The highest BCUT2D eigenvalue weighted by Gasteiger charge is 2.16. The number of fused-ring (bicyclic) bond motifs is 1. The van der Waals surface area contributed by atoms with Crippen LogP contribution < -0.4 is 10.9 Å². The number of carbonyl (C=O) groups is 1. The SMILES string of the molecule is Cc1ccncc1[C@H](C)NC(=O)Cc1c(C)c2cc(F)ccc2[nH]c1=O. The van der Waals surface area contributed by atoms with Crippen molar-refractivity contribution < 1.29 is 9.18 Å². The molecule has 1 atom stereocenters. The molecule has 0 aliphatic carbocycles. The number of halogens is 1. The minimum Gasteiger partial charge on any atom is -0.349 e. The van der Waals surface area contributed by atoms with Gasteiger partial charge in [-0.25, -0.2) is 4.39 Å². The van der Waals surface area contributed by atoms with Crippen LogP contribution in [0, 0.1) is 19.7 Å². The van der Waals surface area contributed by atoms with E-state index in [1.165, 1.54) is 18.2 Å². The van der Waals surface area contributed by atoms with Crippen LogP contribution in [0.2, 0.25) is 0 Å². The number of nitrogens with zero attached hydrogens (tertiary/aromatic N) is 1. The van der Waals surface area contributed by atoms with Crippen LogP contribution in [0.4, 0.5) is 4.39 Å². The summed E-state index contributed by atoms with van der Waals surface area (Å²) in [6.07, 6.45) is 3.35. The van der Waals surface area contributed by atoms with E-state index in [4.69, 9.17) is 0 Å². The van der Waals surface area contributed by atoms with Crippen LogP contribution in [0.15, 0.2) is 41.5 Å². The molecule has 0 bridgehead atoms. The summed E-state index contributed by atoms with van der Waals surface area (Å²) in [5.41, 5.74) is 3.13. The molecule has 2 heterocycles. The third kappa shape index (κ3) is 3.49. The molecule has 0 fully saturated rings. The molecule has 0 saturated heterocycles. The lowest BCUT2D eigenvalue weighted by Crippen LogP contribution is -2.31. The Balaban J connectivity index is 1.85. The largest absolute Gasteiger partial charge is 0.349 e. The van der Waals surface area contributed by atoms with Crippen LogP contribution in [0.3, 0.4) is 0 Å². The Kier molecular flexibility index (Phi) is 4.84. The zero-order valence-electron chi connectivity index (χ0n) is 14.9. The maximum absolute atomic E-state index is 13.5. The Morgan fingerprint density at radius 1 is 1.31 bits per heavy atom. The maximum atomic E-state index is 13.5. The molecular formula is C20H20FN3O2. The van der Waals surface area contributed by atoms with E-state index >= 15 is 0 Å². The van der Waals surface area contributed by atoms with E-state index in [1.807, 2.05) is 19.9 Å². The fourth-order valence-electron chi connectivity index (χ4n) is 3.14. The van der Waals surface area contributed by atoms with E-state index in [1.54, 1.807) is 19.3 Å². The third-order valence-electron chi connectivity index (χ3n) is 4.62. The molecule has 3 aromatic rings. The molecule has 0 saturated carbocycles. The van der Waals surface area contributed by atoms with Crippen molar-refractivity contribution in [2.24, 2.45) is 0 Å². The van der Waals surface area contributed by atoms with Gasteiger partial charge < -0.3 is 10.3 Å². The van der Waals surface area contributed by atoms with Gasteiger partial charge in [-0.05, 0) is 61.7 Å². The Hall–Kier alpha value is -3.02. The van der Waals surface area contributed by atoms with Crippen molar-refractivity contribution in [2.75, 3.05) is 0 Å². The van der Waals surface area contributed by atoms with Crippen molar-refractivity contribution in [3.63, 3.8) is 0 Å². The molecule has 134 valence electrons. The van der Waals surface area contributed by atoms with E-state index in [9.17, 15) is 14.0 Å². The van der Waals surface area contributed by atoms with E-state index in [0.717, 1.165) is 11.1 Å². The summed E-state index contributed by atoms with van der Waals surface area (Å²) in [5, 5.41) is 3.49. The summed E-state index contributed by atoms with van der Waals surface area (Å²) >= 11 is 0. The molecule has 0 unspecified atom stereocenters. The summed E-state index contributed by atoms with van der Waals surface area (Å²) in [5.74, 6) is -0.658. The van der Waals surface area contributed by atoms with Crippen LogP contribution >= 0.6 is 0 Å². The third-order valence-corrected chi connectivity index (χ3v) is 4.62. The van der Waals surface area contributed by atoms with Crippen molar-refractivity contribution in [3.8, 4) is 0 Å². The lowest BCUT2D eigenvalue weighted by molar-refractivity contribution is -0.121. The van der Waals surface area contributed by atoms with Crippen molar-refractivity contribution in [3.05, 3.63) is 75.1 Å². The lowest BCUT2D eigenvalue weighted by Gasteiger charge is -2.16. The normalized spacial score (nSPS) is 12.2. The van der Waals surface area contributed by atoms with Crippen molar-refractivity contribution in [2.45, 2.75) is 33.2 Å². The summed E-state index contributed by atoms with van der Waals surface area (Å²) in [6, 6.07) is 5.83. The first-order valence-corrected chi connectivity index (χ1v) is 8.37. The number of aromatic nitrogens is 2.